The molecule has 0 amide bonds. The summed E-state index contributed by atoms with van der Waals surface area (Å²) in [6, 6.07) is 1.86. The second-order valence-corrected chi connectivity index (χ2v) is 3.91. The van der Waals surface area contributed by atoms with Crippen LogP contribution in [0.3, 0.4) is 0 Å². The fourth-order valence-corrected chi connectivity index (χ4v) is 1.60. The van der Waals surface area contributed by atoms with Gasteiger partial charge in [-0.05, 0) is 24.6 Å². The van der Waals surface area contributed by atoms with Gasteiger partial charge in [-0.3, -0.25) is 4.57 Å². The molecule has 0 bridgehead atoms. The number of nitrogens with zero attached hydrogens (tertiary/aromatic N) is 7. The number of hydrogen-bond acceptors (Lipinski definition) is 5. The van der Waals surface area contributed by atoms with E-state index < -0.39 is 0 Å². The second-order valence-electron chi connectivity index (χ2n) is 3.58. The van der Waals surface area contributed by atoms with Crippen molar-refractivity contribution in [3.8, 4) is 11.9 Å². The highest BCUT2D eigenvalue weighted by molar-refractivity contribution is 6.28. The van der Waals surface area contributed by atoms with Crippen molar-refractivity contribution in [1.29, 1.82) is 0 Å². The predicted molar refractivity (Wildman–Crippen MR) is 63.8 cm³/mol. The van der Waals surface area contributed by atoms with E-state index >= 15 is 0 Å². The lowest BCUT2D eigenvalue weighted by atomic mass is 10.5. The van der Waals surface area contributed by atoms with E-state index in [1.807, 2.05) is 13.0 Å². The van der Waals surface area contributed by atoms with Crippen LogP contribution in [0.1, 0.15) is 5.69 Å². The van der Waals surface area contributed by atoms with Crippen molar-refractivity contribution in [3.63, 3.8) is 0 Å². The van der Waals surface area contributed by atoms with Crippen LogP contribution < -0.4 is 0 Å². The lowest BCUT2D eigenvalue weighted by Crippen LogP contribution is -2.08. The average molecular weight is 262 g/mol. The van der Waals surface area contributed by atoms with Gasteiger partial charge in [0.1, 0.15) is 6.33 Å². The molecule has 0 N–H and O–H groups in total. The Bertz CT molecular complexity index is 673. The zero-order chi connectivity index (χ0) is 12.5. The Morgan fingerprint density at radius 2 is 1.94 bits per heavy atom. The summed E-state index contributed by atoms with van der Waals surface area (Å²) >= 11 is 5.89. The maximum absolute atomic E-state index is 5.89. The smallest absolute Gasteiger partial charge is 0.256 e. The summed E-state index contributed by atoms with van der Waals surface area (Å²) in [7, 11) is 0. The van der Waals surface area contributed by atoms with Crippen LogP contribution >= 0.6 is 11.6 Å². The molecule has 0 saturated carbocycles. The maximum atomic E-state index is 5.89. The second kappa shape index (κ2) is 4.19. The van der Waals surface area contributed by atoms with Gasteiger partial charge < -0.3 is 0 Å². The topological polar surface area (TPSA) is 74.3 Å². The van der Waals surface area contributed by atoms with E-state index in [-0.39, 0.29) is 5.28 Å². The minimum atomic E-state index is 0.108. The molecule has 90 valence electrons. The molecule has 0 fully saturated rings. The van der Waals surface area contributed by atoms with Crippen LogP contribution in [-0.2, 0) is 0 Å². The Hall–Kier alpha value is -2.28. The van der Waals surface area contributed by atoms with Gasteiger partial charge in [-0.1, -0.05) is 0 Å². The first-order valence-electron chi connectivity index (χ1n) is 5.15. The van der Waals surface area contributed by atoms with E-state index in [4.69, 9.17) is 11.6 Å². The number of aryl methyl sites for hydroxylation is 1. The highest BCUT2D eigenvalue weighted by Gasteiger charge is 2.08. The zero-order valence-electron chi connectivity index (χ0n) is 9.40. The standard InChI is InChI=1S/C10H8ClN7/c1-7-2-4-18(16-7)10-14-8(11)13-9(15-10)17-5-3-12-6-17/h2-6H,1H3. The van der Waals surface area contributed by atoms with Crippen molar-refractivity contribution in [2.45, 2.75) is 6.92 Å². The summed E-state index contributed by atoms with van der Waals surface area (Å²) in [6.07, 6.45) is 6.71. The summed E-state index contributed by atoms with van der Waals surface area (Å²) in [5.74, 6) is 0.766. The van der Waals surface area contributed by atoms with Crippen molar-refractivity contribution in [2.24, 2.45) is 0 Å². The molecule has 3 aromatic heterocycles. The Morgan fingerprint density at radius 3 is 2.61 bits per heavy atom. The van der Waals surface area contributed by atoms with E-state index in [1.54, 1.807) is 34.2 Å². The number of aromatic nitrogens is 7. The molecule has 0 aliphatic carbocycles. The highest BCUT2D eigenvalue weighted by Crippen LogP contribution is 2.09. The third kappa shape index (κ3) is 1.95. The first kappa shape index (κ1) is 10.8. The summed E-state index contributed by atoms with van der Waals surface area (Å²) in [4.78, 5) is 16.3. The van der Waals surface area contributed by atoms with Crippen LogP contribution in [0.4, 0.5) is 0 Å². The van der Waals surface area contributed by atoms with Crippen molar-refractivity contribution < 1.29 is 0 Å². The molecule has 0 unspecified atom stereocenters. The maximum Gasteiger partial charge on any atom is 0.256 e. The molecule has 0 atom stereocenters. The van der Waals surface area contributed by atoms with Crippen LogP contribution in [0.15, 0.2) is 31.0 Å². The molecule has 0 spiro atoms. The molecule has 0 aliphatic rings. The minimum absolute atomic E-state index is 0.108. The third-order valence-electron chi connectivity index (χ3n) is 2.25. The molecule has 3 rings (SSSR count). The molecule has 0 radical (unpaired) electrons. The van der Waals surface area contributed by atoms with Gasteiger partial charge in [0, 0.05) is 18.6 Å². The monoisotopic (exact) mass is 261 g/mol. The van der Waals surface area contributed by atoms with E-state index in [0.717, 1.165) is 5.69 Å². The molecule has 0 saturated heterocycles. The SMILES string of the molecule is Cc1ccn(-c2nc(Cl)nc(-n3ccnc3)n2)n1. The summed E-state index contributed by atoms with van der Waals surface area (Å²) in [5.41, 5.74) is 0.871. The lowest BCUT2D eigenvalue weighted by molar-refractivity contribution is 0.766. The average Bonchev–Trinajstić information content (AvgIpc) is 2.98. The lowest BCUT2D eigenvalue weighted by Gasteiger charge is -2.03. The van der Waals surface area contributed by atoms with Crippen molar-refractivity contribution in [2.75, 3.05) is 0 Å². The van der Waals surface area contributed by atoms with Gasteiger partial charge in [0.05, 0.1) is 5.69 Å². The predicted octanol–water partition coefficient (Wildman–Crippen LogP) is 1.20. The van der Waals surface area contributed by atoms with Crippen molar-refractivity contribution >= 4 is 11.6 Å². The summed E-state index contributed by atoms with van der Waals surface area (Å²) < 4.78 is 3.19. The quantitative estimate of drug-likeness (QED) is 0.693. The van der Waals surface area contributed by atoms with E-state index in [2.05, 4.69) is 25.0 Å². The van der Waals surface area contributed by atoms with Crippen LogP contribution in [-0.4, -0.2) is 34.3 Å². The van der Waals surface area contributed by atoms with Gasteiger partial charge >= 0.3 is 0 Å². The van der Waals surface area contributed by atoms with Crippen LogP contribution in [0.25, 0.3) is 11.9 Å². The molecular formula is C10H8ClN7. The Balaban J connectivity index is 2.11. The zero-order valence-corrected chi connectivity index (χ0v) is 10.2. The van der Waals surface area contributed by atoms with Crippen molar-refractivity contribution in [3.05, 3.63) is 42.0 Å². The van der Waals surface area contributed by atoms with E-state index in [0.29, 0.717) is 11.9 Å². The van der Waals surface area contributed by atoms with Gasteiger partial charge in [0.25, 0.3) is 5.95 Å². The molecule has 3 aromatic rings. The summed E-state index contributed by atoms with van der Waals surface area (Å²) in [6.45, 7) is 1.88. The van der Waals surface area contributed by atoms with E-state index in [1.165, 1.54) is 0 Å². The first-order chi connectivity index (χ1) is 8.72. The molecule has 8 heteroatoms. The van der Waals surface area contributed by atoms with Gasteiger partial charge in [0.15, 0.2) is 0 Å². The van der Waals surface area contributed by atoms with Crippen LogP contribution in [0.2, 0.25) is 5.28 Å². The number of imidazole rings is 1. The number of rotatable bonds is 2. The minimum Gasteiger partial charge on any atom is -0.274 e. The summed E-state index contributed by atoms with van der Waals surface area (Å²) in [5, 5.41) is 4.33. The molecule has 3 heterocycles. The largest absolute Gasteiger partial charge is 0.274 e. The van der Waals surface area contributed by atoms with Crippen LogP contribution in [0.5, 0.6) is 0 Å². The van der Waals surface area contributed by atoms with Gasteiger partial charge in [-0.15, -0.1) is 0 Å². The number of hydrogen-bond donors (Lipinski definition) is 0. The molecular weight excluding hydrogens is 254 g/mol. The molecule has 0 aliphatic heterocycles. The molecule has 18 heavy (non-hydrogen) atoms. The Labute approximate surface area is 107 Å². The molecule has 7 nitrogen and oxygen atoms in total. The van der Waals surface area contributed by atoms with Crippen LogP contribution in [0, 0.1) is 6.92 Å². The fourth-order valence-electron chi connectivity index (χ4n) is 1.45. The van der Waals surface area contributed by atoms with Crippen molar-refractivity contribution in [1.82, 2.24) is 34.3 Å². The Morgan fingerprint density at radius 1 is 1.11 bits per heavy atom. The van der Waals surface area contributed by atoms with Gasteiger partial charge in [-0.2, -0.15) is 20.1 Å². The Kier molecular flexibility index (Phi) is 2.52. The van der Waals surface area contributed by atoms with Gasteiger partial charge in [-0.25, -0.2) is 9.67 Å². The number of halogens is 1. The van der Waals surface area contributed by atoms with Gasteiger partial charge in [0.2, 0.25) is 11.2 Å². The fraction of sp³-hybridized carbons (Fsp3) is 0.100. The third-order valence-corrected chi connectivity index (χ3v) is 2.42. The van der Waals surface area contributed by atoms with E-state index in [9.17, 15) is 0 Å². The first-order valence-corrected chi connectivity index (χ1v) is 5.53. The molecule has 0 aromatic carbocycles. The highest BCUT2D eigenvalue weighted by atomic mass is 35.5. The normalized spacial score (nSPS) is 10.8.